The van der Waals surface area contributed by atoms with Gasteiger partial charge in [0, 0.05) is 11.6 Å². The molecular formula is C15H20N4O3. The molecule has 1 aromatic rings. The monoisotopic (exact) mass is 304 g/mol. The van der Waals surface area contributed by atoms with Crippen LogP contribution in [0.2, 0.25) is 0 Å². The number of hydrogen-bond acceptors (Lipinski definition) is 3. The minimum absolute atomic E-state index is 0.0577. The molecule has 1 unspecified atom stereocenters. The molecule has 2 rings (SSSR count). The molecule has 1 aromatic carbocycles. The summed E-state index contributed by atoms with van der Waals surface area (Å²) >= 11 is 0. The first-order valence-corrected chi connectivity index (χ1v) is 7.12. The zero-order chi connectivity index (χ0) is 16.4. The Kier molecular flexibility index (Phi) is 4.35. The van der Waals surface area contributed by atoms with Crippen LogP contribution in [0.15, 0.2) is 23.2 Å². The normalized spacial score (nSPS) is 17.0. The van der Waals surface area contributed by atoms with Crippen LogP contribution >= 0.6 is 0 Å². The molecule has 2 amide bonds. The van der Waals surface area contributed by atoms with E-state index in [9.17, 15) is 9.59 Å². The summed E-state index contributed by atoms with van der Waals surface area (Å²) in [6.07, 6.45) is 0.0741. The largest absolute Gasteiger partial charge is 0.478 e. The van der Waals surface area contributed by atoms with Crippen LogP contribution in [0.4, 0.5) is 5.69 Å². The molecule has 118 valence electrons. The van der Waals surface area contributed by atoms with E-state index in [0.717, 1.165) is 0 Å². The number of carbonyl (C=O) groups excluding carboxylic acids is 2. The van der Waals surface area contributed by atoms with E-state index < -0.39 is 12.0 Å². The molecule has 0 fully saturated rings. The lowest BCUT2D eigenvalue weighted by Gasteiger charge is -2.36. The molecular weight excluding hydrogens is 284 g/mol. The van der Waals surface area contributed by atoms with Crippen LogP contribution < -0.4 is 21.1 Å². The van der Waals surface area contributed by atoms with Gasteiger partial charge in [0.05, 0.1) is 5.69 Å². The molecule has 0 spiro atoms. The van der Waals surface area contributed by atoms with Crippen molar-refractivity contribution < 1.29 is 14.3 Å². The molecule has 7 nitrogen and oxygen atoms in total. The number of benzene rings is 1. The number of fused-ring (bicyclic) bond motifs is 1. The Bertz CT molecular complexity index is 636. The predicted octanol–water partition coefficient (Wildman–Crippen LogP) is 1.01. The second kappa shape index (κ2) is 6.05. The van der Waals surface area contributed by atoms with Gasteiger partial charge in [0.1, 0.15) is 5.75 Å². The number of nitrogens with zero attached hydrogens (tertiary/aromatic N) is 2. The molecule has 4 N–H and O–H groups in total. The third-order valence-corrected chi connectivity index (χ3v) is 3.37. The third-order valence-electron chi connectivity index (χ3n) is 3.37. The highest BCUT2D eigenvalue weighted by atomic mass is 16.5. The van der Waals surface area contributed by atoms with Crippen LogP contribution in [0.25, 0.3) is 0 Å². The second-order valence-electron chi connectivity index (χ2n) is 5.34. The summed E-state index contributed by atoms with van der Waals surface area (Å²) in [5.74, 6) is -0.406. The van der Waals surface area contributed by atoms with Gasteiger partial charge in [0.25, 0.3) is 11.8 Å². The highest BCUT2D eigenvalue weighted by Gasteiger charge is 2.35. The number of hydrogen-bond donors (Lipinski definition) is 2. The molecule has 0 saturated heterocycles. The van der Waals surface area contributed by atoms with Crippen molar-refractivity contribution in [1.82, 2.24) is 0 Å². The maximum absolute atomic E-state index is 12.5. The van der Waals surface area contributed by atoms with E-state index in [2.05, 4.69) is 4.99 Å². The summed E-state index contributed by atoms with van der Waals surface area (Å²) in [4.78, 5) is 29.5. The molecule has 0 aromatic heterocycles. The number of anilines is 1. The Morgan fingerprint density at radius 1 is 1.41 bits per heavy atom. The zero-order valence-electron chi connectivity index (χ0n) is 12.9. The van der Waals surface area contributed by atoms with Gasteiger partial charge in [-0.3, -0.25) is 9.59 Å². The Balaban J connectivity index is 2.49. The molecule has 22 heavy (non-hydrogen) atoms. The standard InChI is InChI=1S/C15H20N4O3/c1-4-11-14(21)19(8(2)3)10-7-9(5-6-12(10)22-11)13(20)18-15(16)17/h5-8,11H,4H2,1-3H3,(H4,16,17,18,20). The molecule has 1 aliphatic heterocycles. The highest BCUT2D eigenvalue weighted by molar-refractivity contribution is 6.05. The van der Waals surface area contributed by atoms with Gasteiger partial charge in [-0.05, 0) is 38.5 Å². The van der Waals surface area contributed by atoms with Gasteiger partial charge in [-0.15, -0.1) is 0 Å². The molecule has 0 bridgehead atoms. The number of ether oxygens (including phenoxy) is 1. The van der Waals surface area contributed by atoms with E-state index in [4.69, 9.17) is 16.2 Å². The summed E-state index contributed by atoms with van der Waals surface area (Å²) in [5, 5.41) is 0. The van der Waals surface area contributed by atoms with E-state index in [1.807, 2.05) is 20.8 Å². The van der Waals surface area contributed by atoms with Gasteiger partial charge in [0.2, 0.25) is 0 Å². The Morgan fingerprint density at radius 2 is 2.09 bits per heavy atom. The fraction of sp³-hybridized carbons (Fsp3) is 0.400. The van der Waals surface area contributed by atoms with Gasteiger partial charge >= 0.3 is 0 Å². The second-order valence-corrected chi connectivity index (χ2v) is 5.34. The summed E-state index contributed by atoms with van der Waals surface area (Å²) in [5.41, 5.74) is 11.3. The quantitative estimate of drug-likeness (QED) is 0.639. The van der Waals surface area contributed by atoms with Crippen molar-refractivity contribution in [3.8, 4) is 5.75 Å². The van der Waals surface area contributed by atoms with Gasteiger partial charge in [0.15, 0.2) is 12.1 Å². The first kappa shape index (κ1) is 15.8. The van der Waals surface area contributed by atoms with Gasteiger partial charge in [-0.25, -0.2) is 0 Å². The summed E-state index contributed by atoms with van der Waals surface area (Å²) in [7, 11) is 0. The van der Waals surface area contributed by atoms with Crippen LogP contribution in [-0.4, -0.2) is 29.9 Å². The van der Waals surface area contributed by atoms with Gasteiger partial charge in [-0.2, -0.15) is 4.99 Å². The Hall–Kier alpha value is -2.57. The minimum Gasteiger partial charge on any atom is -0.478 e. The number of rotatable bonds is 3. The third kappa shape index (κ3) is 2.88. The molecule has 1 aliphatic rings. The molecule has 1 heterocycles. The number of amides is 2. The molecule has 0 aliphatic carbocycles. The number of carbonyl (C=O) groups is 2. The van der Waals surface area contributed by atoms with Crippen molar-refractivity contribution in [2.45, 2.75) is 39.3 Å². The van der Waals surface area contributed by atoms with Crippen molar-refractivity contribution >= 4 is 23.5 Å². The number of nitrogens with two attached hydrogens (primary N) is 2. The lowest BCUT2D eigenvalue weighted by Crippen LogP contribution is -2.48. The van der Waals surface area contributed by atoms with Crippen LogP contribution in [-0.2, 0) is 4.79 Å². The first-order valence-electron chi connectivity index (χ1n) is 7.12. The van der Waals surface area contributed by atoms with Crippen LogP contribution in [0.3, 0.4) is 0 Å². The molecule has 7 heteroatoms. The van der Waals surface area contributed by atoms with Crippen LogP contribution in [0.5, 0.6) is 5.75 Å². The predicted molar refractivity (Wildman–Crippen MR) is 83.9 cm³/mol. The SMILES string of the molecule is CCC1Oc2ccc(C(=O)N=C(N)N)cc2N(C(C)C)C1=O. The van der Waals surface area contributed by atoms with E-state index in [0.29, 0.717) is 23.4 Å². The van der Waals surface area contributed by atoms with Crippen molar-refractivity contribution in [2.75, 3.05) is 4.90 Å². The first-order chi connectivity index (χ1) is 10.3. The van der Waals surface area contributed by atoms with Crippen LogP contribution in [0, 0.1) is 0 Å². The van der Waals surface area contributed by atoms with E-state index in [1.165, 1.54) is 0 Å². The average molecular weight is 304 g/mol. The van der Waals surface area contributed by atoms with Crippen molar-refractivity contribution in [3.05, 3.63) is 23.8 Å². The van der Waals surface area contributed by atoms with Gasteiger partial charge < -0.3 is 21.1 Å². The molecule has 0 radical (unpaired) electrons. The topological polar surface area (TPSA) is 111 Å². The lowest BCUT2D eigenvalue weighted by molar-refractivity contribution is -0.126. The molecule has 1 atom stereocenters. The maximum Gasteiger partial charge on any atom is 0.280 e. The summed E-state index contributed by atoms with van der Waals surface area (Å²) in [6.45, 7) is 5.71. The maximum atomic E-state index is 12.5. The minimum atomic E-state index is -0.559. The van der Waals surface area contributed by atoms with Crippen molar-refractivity contribution in [3.63, 3.8) is 0 Å². The zero-order valence-corrected chi connectivity index (χ0v) is 12.9. The van der Waals surface area contributed by atoms with Crippen LogP contribution in [0.1, 0.15) is 37.6 Å². The summed E-state index contributed by atoms with van der Waals surface area (Å²) < 4.78 is 5.70. The van der Waals surface area contributed by atoms with Crippen molar-refractivity contribution in [2.24, 2.45) is 16.5 Å². The van der Waals surface area contributed by atoms with E-state index in [1.54, 1.807) is 23.1 Å². The fourth-order valence-corrected chi connectivity index (χ4v) is 2.39. The average Bonchev–Trinajstić information content (AvgIpc) is 2.44. The van der Waals surface area contributed by atoms with Gasteiger partial charge in [-0.1, -0.05) is 6.92 Å². The number of guanidine groups is 1. The fourth-order valence-electron chi connectivity index (χ4n) is 2.39. The molecule has 0 saturated carbocycles. The Labute approximate surface area is 128 Å². The smallest absolute Gasteiger partial charge is 0.280 e. The number of aliphatic imine (C=N–C) groups is 1. The Morgan fingerprint density at radius 3 is 2.64 bits per heavy atom. The highest BCUT2D eigenvalue weighted by Crippen LogP contribution is 2.36. The van der Waals surface area contributed by atoms with Crippen molar-refractivity contribution in [1.29, 1.82) is 0 Å². The summed E-state index contributed by atoms with van der Waals surface area (Å²) in [6, 6.07) is 4.76. The van der Waals surface area contributed by atoms with E-state index in [-0.39, 0.29) is 17.9 Å². The van der Waals surface area contributed by atoms with E-state index >= 15 is 0 Å². The lowest BCUT2D eigenvalue weighted by atomic mass is 10.1.